The second-order valence-electron chi connectivity index (χ2n) is 6.04. The molecule has 0 radical (unpaired) electrons. The molecule has 1 aliphatic rings. The Labute approximate surface area is 161 Å². The standard InChI is InChI=1S/C17H15Br2N5O/c18-12-8-20-15(21-9-12)11-4-3-6-23(10-11)16(25)14-13-5-1-2-7-24(13)17(19)22-14/h1-2,5,7-9,11H,3-4,6,10H2. The average Bonchev–Trinajstić information content (AvgIpc) is 2.99. The van der Waals surface area contributed by atoms with Gasteiger partial charge >= 0.3 is 0 Å². The maximum Gasteiger partial charge on any atom is 0.274 e. The van der Waals surface area contributed by atoms with Crippen molar-refractivity contribution in [3.05, 3.63) is 57.5 Å². The zero-order valence-corrected chi connectivity index (χ0v) is 16.4. The first-order valence-corrected chi connectivity index (χ1v) is 9.61. The largest absolute Gasteiger partial charge is 0.337 e. The molecule has 0 N–H and O–H groups in total. The van der Waals surface area contributed by atoms with Crippen molar-refractivity contribution in [1.29, 1.82) is 0 Å². The van der Waals surface area contributed by atoms with Crippen LogP contribution in [0.5, 0.6) is 0 Å². The van der Waals surface area contributed by atoms with Gasteiger partial charge in [-0.05, 0) is 56.8 Å². The summed E-state index contributed by atoms with van der Waals surface area (Å²) in [6.07, 6.45) is 7.31. The van der Waals surface area contributed by atoms with E-state index in [0.717, 1.165) is 35.2 Å². The van der Waals surface area contributed by atoms with Crippen molar-refractivity contribution in [2.75, 3.05) is 13.1 Å². The van der Waals surface area contributed by atoms with Crippen LogP contribution in [0.3, 0.4) is 0 Å². The van der Waals surface area contributed by atoms with Gasteiger partial charge < -0.3 is 4.90 Å². The summed E-state index contributed by atoms with van der Waals surface area (Å²) in [5.74, 6) is 0.899. The Hall–Kier alpha value is -1.80. The molecule has 0 spiro atoms. The molecule has 6 nitrogen and oxygen atoms in total. The fourth-order valence-corrected chi connectivity index (χ4v) is 3.90. The van der Waals surface area contributed by atoms with Gasteiger partial charge in [-0.2, -0.15) is 0 Å². The first-order chi connectivity index (χ1) is 12.1. The third-order valence-corrected chi connectivity index (χ3v) is 5.39. The Morgan fingerprint density at radius 1 is 1.20 bits per heavy atom. The molecule has 1 atom stereocenters. The lowest BCUT2D eigenvalue weighted by atomic mass is 9.97. The van der Waals surface area contributed by atoms with Crippen LogP contribution in [-0.4, -0.2) is 43.2 Å². The van der Waals surface area contributed by atoms with Gasteiger partial charge in [0.25, 0.3) is 5.91 Å². The summed E-state index contributed by atoms with van der Waals surface area (Å²) in [5, 5.41) is 0. The van der Waals surface area contributed by atoms with Crippen LogP contribution in [0.2, 0.25) is 0 Å². The number of imidazole rings is 1. The minimum atomic E-state index is -0.0452. The molecule has 1 saturated heterocycles. The van der Waals surface area contributed by atoms with Gasteiger partial charge in [-0.25, -0.2) is 15.0 Å². The first kappa shape index (κ1) is 16.7. The number of piperidine rings is 1. The third-order valence-electron chi connectivity index (χ3n) is 4.42. The van der Waals surface area contributed by atoms with Crippen molar-refractivity contribution in [3.63, 3.8) is 0 Å². The van der Waals surface area contributed by atoms with Crippen LogP contribution in [0.1, 0.15) is 35.1 Å². The molecule has 0 aliphatic carbocycles. The smallest absolute Gasteiger partial charge is 0.274 e. The summed E-state index contributed by atoms with van der Waals surface area (Å²) in [4.78, 5) is 28.1. The molecular formula is C17H15Br2N5O. The fraction of sp³-hybridized carbons (Fsp3) is 0.294. The molecular weight excluding hydrogens is 450 g/mol. The molecule has 25 heavy (non-hydrogen) atoms. The van der Waals surface area contributed by atoms with E-state index in [0.29, 0.717) is 17.0 Å². The predicted octanol–water partition coefficient (Wildman–Crippen LogP) is 3.67. The highest BCUT2D eigenvalue weighted by molar-refractivity contribution is 9.10. The van der Waals surface area contributed by atoms with Crippen molar-refractivity contribution in [1.82, 2.24) is 24.3 Å². The van der Waals surface area contributed by atoms with E-state index < -0.39 is 0 Å². The molecule has 128 valence electrons. The number of carbonyl (C=O) groups is 1. The van der Waals surface area contributed by atoms with Crippen LogP contribution in [-0.2, 0) is 0 Å². The third kappa shape index (κ3) is 3.20. The molecule has 1 aliphatic heterocycles. The number of pyridine rings is 1. The Kier molecular flexibility index (Phi) is 4.56. The van der Waals surface area contributed by atoms with Gasteiger partial charge in [-0.15, -0.1) is 0 Å². The van der Waals surface area contributed by atoms with E-state index >= 15 is 0 Å². The summed E-state index contributed by atoms with van der Waals surface area (Å²) >= 11 is 6.78. The van der Waals surface area contributed by atoms with Crippen molar-refractivity contribution in [2.45, 2.75) is 18.8 Å². The lowest BCUT2D eigenvalue weighted by Crippen LogP contribution is -2.39. The first-order valence-electron chi connectivity index (χ1n) is 8.03. The van der Waals surface area contributed by atoms with Crippen LogP contribution in [0.25, 0.3) is 5.52 Å². The number of hydrogen-bond acceptors (Lipinski definition) is 4. The Morgan fingerprint density at radius 3 is 2.80 bits per heavy atom. The van der Waals surface area contributed by atoms with Crippen molar-refractivity contribution >= 4 is 43.3 Å². The van der Waals surface area contributed by atoms with Crippen LogP contribution < -0.4 is 0 Å². The Balaban J connectivity index is 1.60. The maximum atomic E-state index is 13.0. The summed E-state index contributed by atoms with van der Waals surface area (Å²) in [7, 11) is 0. The number of amides is 1. The van der Waals surface area contributed by atoms with Gasteiger partial charge in [-0.1, -0.05) is 6.07 Å². The average molecular weight is 465 g/mol. The van der Waals surface area contributed by atoms with E-state index in [4.69, 9.17) is 0 Å². The van der Waals surface area contributed by atoms with Crippen LogP contribution in [0.15, 0.2) is 46.0 Å². The summed E-state index contributed by atoms with van der Waals surface area (Å²) < 4.78 is 3.36. The lowest BCUT2D eigenvalue weighted by molar-refractivity contribution is 0.0701. The highest BCUT2D eigenvalue weighted by Crippen LogP contribution is 2.27. The summed E-state index contributed by atoms with van der Waals surface area (Å²) in [6.45, 7) is 1.35. The second-order valence-corrected chi connectivity index (χ2v) is 7.66. The fourth-order valence-electron chi connectivity index (χ4n) is 3.21. The van der Waals surface area contributed by atoms with Crippen LogP contribution >= 0.6 is 31.9 Å². The molecule has 4 rings (SSSR count). The van der Waals surface area contributed by atoms with Crippen molar-refractivity contribution < 1.29 is 4.79 Å². The molecule has 1 fully saturated rings. The van der Waals surface area contributed by atoms with Gasteiger partial charge in [-0.3, -0.25) is 9.20 Å². The minimum Gasteiger partial charge on any atom is -0.337 e. The van der Waals surface area contributed by atoms with Gasteiger partial charge in [0.15, 0.2) is 10.4 Å². The molecule has 1 unspecified atom stereocenters. The molecule has 0 bridgehead atoms. The summed E-state index contributed by atoms with van der Waals surface area (Å²) in [6, 6.07) is 5.73. The van der Waals surface area contributed by atoms with Crippen molar-refractivity contribution in [3.8, 4) is 0 Å². The molecule has 3 aromatic rings. The number of nitrogens with zero attached hydrogens (tertiary/aromatic N) is 5. The van der Waals surface area contributed by atoms with E-state index in [1.807, 2.05) is 33.7 Å². The van der Waals surface area contributed by atoms with Gasteiger partial charge in [0.1, 0.15) is 5.82 Å². The van der Waals surface area contributed by atoms with E-state index in [2.05, 4.69) is 46.8 Å². The zero-order chi connectivity index (χ0) is 17.4. The quantitative estimate of drug-likeness (QED) is 0.580. The molecule has 0 saturated carbocycles. The molecule has 4 heterocycles. The summed E-state index contributed by atoms with van der Waals surface area (Å²) in [5.41, 5.74) is 1.28. The second kappa shape index (κ2) is 6.84. The molecule has 0 aromatic carbocycles. The molecule has 1 amide bonds. The topological polar surface area (TPSA) is 63.4 Å². The van der Waals surface area contributed by atoms with Crippen molar-refractivity contribution in [2.24, 2.45) is 0 Å². The number of aromatic nitrogens is 4. The number of likely N-dealkylation sites (tertiary alicyclic amines) is 1. The SMILES string of the molecule is O=C(c1nc(Br)n2ccccc12)N1CCCC(c2ncc(Br)cn2)C1. The minimum absolute atomic E-state index is 0.0452. The molecule has 3 aromatic heterocycles. The zero-order valence-electron chi connectivity index (χ0n) is 13.3. The van der Waals surface area contributed by atoms with Crippen LogP contribution in [0.4, 0.5) is 0 Å². The Morgan fingerprint density at radius 2 is 2.00 bits per heavy atom. The number of fused-ring (bicyclic) bond motifs is 1. The van der Waals surface area contributed by atoms with E-state index in [1.54, 1.807) is 12.4 Å². The molecule has 8 heteroatoms. The number of halogens is 2. The number of carbonyl (C=O) groups excluding carboxylic acids is 1. The van der Waals surface area contributed by atoms with Gasteiger partial charge in [0, 0.05) is 37.6 Å². The Bertz CT molecular complexity index is 924. The van der Waals surface area contributed by atoms with E-state index in [1.165, 1.54) is 0 Å². The van der Waals surface area contributed by atoms with E-state index in [-0.39, 0.29) is 11.8 Å². The predicted molar refractivity (Wildman–Crippen MR) is 101 cm³/mol. The van der Waals surface area contributed by atoms with E-state index in [9.17, 15) is 4.79 Å². The normalized spacial score (nSPS) is 17.8. The number of rotatable bonds is 2. The monoisotopic (exact) mass is 463 g/mol. The highest BCUT2D eigenvalue weighted by atomic mass is 79.9. The lowest BCUT2D eigenvalue weighted by Gasteiger charge is -2.31. The number of hydrogen-bond donors (Lipinski definition) is 0. The van der Waals surface area contributed by atoms with Crippen LogP contribution in [0, 0.1) is 0 Å². The van der Waals surface area contributed by atoms with Gasteiger partial charge in [0.2, 0.25) is 0 Å². The highest BCUT2D eigenvalue weighted by Gasteiger charge is 2.29. The maximum absolute atomic E-state index is 13.0. The van der Waals surface area contributed by atoms with Gasteiger partial charge in [0.05, 0.1) is 9.99 Å².